The van der Waals surface area contributed by atoms with Gasteiger partial charge >= 0.3 is 0 Å². The van der Waals surface area contributed by atoms with Gasteiger partial charge in [0.1, 0.15) is 0 Å². The third-order valence-corrected chi connectivity index (χ3v) is 10.5. The van der Waals surface area contributed by atoms with Gasteiger partial charge in [-0.1, -0.05) is 152 Å². The molecule has 1 aliphatic rings. The lowest BCUT2D eigenvalue weighted by molar-refractivity contribution is 0.728. The molecule has 0 N–H and O–H groups in total. The first-order valence-corrected chi connectivity index (χ1v) is 17.5. The van der Waals surface area contributed by atoms with Crippen molar-refractivity contribution >= 4 is 21.8 Å². The molecule has 10 rings (SSSR count). The minimum Gasteiger partial charge on any atom is -0.309 e. The standard InChI is InChI=1S/C48H30N4/c49-31-32-13-11-16-35(29-32)43-30-42(50-47(51-43)34-14-3-1-4-15-34)33-25-27-37(28-26-33)48(36-17-5-2-6-18-36)40-21-8-10-24-45(40)52-44-23-9-7-19-38(44)39-20-12-22-41(48)46(39)52/h1-30H. The molecule has 2 aromatic heterocycles. The van der Waals surface area contributed by atoms with Gasteiger partial charge in [0.2, 0.25) is 0 Å². The summed E-state index contributed by atoms with van der Waals surface area (Å²) in [6.45, 7) is 0. The van der Waals surface area contributed by atoms with Gasteiger partial charge in [-0.25, -0.2) is 9.97 Å². The third kappa shape index (κ3) is 4.40. The Morgan fingerprint density at radius 2 is 1.10 bits per heavy atom. The largest absolute Gasteiger partial charge is 0.309 e. The maximum absolute atomic E-state index is 9.63. The van der Waals surface area contributed by atoms with Crippen molar-refractivity contribution in [3.8, 4) is 45.7 Å². The summed E-state index contributed by atoms with van der Waals surface area (Å²) in [5.41, 5.74) is 12.9. The molecule has 0 spiro atoms. The molecule has 0 amide bonds. The highest BCUT2D eigenvalue weighted by Gasteiger charge is 2.45. The van der Waals surface area contributed by atoms with Crippen molar-refractivity contribution in [3.63, 3.8) is 0 Å². The van der Waals surface area contributed by atoms with E-state index in [1.54, 1.807) is 0 Å². The Bertz CT molecular complexity index is 2850. The summed E-state index contributed by atoms with van der Waals surface area (Å²) in [5, 5.41) is 12.1. The molecular formula is C48H30N4. The average Bonchev–Trinajstić information content (AvgIpc) is 3.57. The zero-order valence-corrected chi connectivity index (χ0v) is 28.1. The van der Waals surface area contributed by atoms with Crippen LogP contribution in [0, 0.1) is 11.3 Å². The van der Waals surface area contributed by atoms with Crippen molar-refractivity contribution in [1.82, 2.24) is 14.5 Å². The molecule has 0 radical (unpaired) electrons. The summed E-state index contributed by atoms with van der Waals surface area (Å²) in [7, 11) is 0. The Morgan fingerprint density at radius 1 is 0.481 bits per heavy atom. The summed E-state index contributed by atoms with van der Waals surface area (Å²) < 4.78 is 2.46. The van der Waals surface area contributed by atoms with Crippen LogP contribution in [0.25, 0.3) is 61.4 Å². The quantitative estimate of drug-likeness (QED) is 0.184. The molecule has 0 saturated heterocycles. The smallest absolute Gasteiger partial charge is 0.160 e. The van der Waals surface area contributed by atoms with Gasteiger partial charge < -0.3 is 4.57 Å². The van der Waals surface area contributed by atoms with Crippen LogP contribution in [0.3, 0.4) is 0 Å². The minimum atomic E-state index is -0.579. The summed E-state index contributed by atoms with van der Waals surface area (Å²) >= 11 is 0. The number of benzene rings is 7. The molecule has 1 unspecified atom stereocenters. The number of hydrogen-bond acceptors (Lipinski definition) is 3. The van der Waals surface area contributed by atoms with E-state index >= 15 is 0 Å². The molecule has 0 bridgehead atoms. The SMILES string of the molecule is N#Cc1cccc(-c2cc(-c3ccc(C4(c5ccccc5)c5ccccc5-n5c6ccccc6c6cccc4c65)cc3)nc(-c3ccccc3)n2)c1. The van der Waals surface area contributed by atoms with E-state index in [4.69, 9.17) is 9.97 Å². The number of hydrogen-bond donors (Lipinski definition) is 0. The van der Waals surface area contributed by atoms with Crippen LogP contribution in [0.1, 0.15) is 27.8 Å². The number of nitrogens with zero attached hydrogens (tertiary/aromatic N) is 4. The van der Waals surface area contributed by atoms with Crippen LogP contribution >= 0.6 is 0 Å². The lowest BCUT2D eigenvalue weighted by Gasteiger charge is -2.41. The predicted molar refractivity (Wildman–Crippen MR) is 209 cm³/mol. The van der Waals surface area contributed by atoms with E-state index in [1.165, 1.54) is 49.7 Å². The van der Waals surface area contributed by atoms with E-state index in [-0.39, 0.29) is 0 Å². The molecule has 3 heterocycles. The summed E-state index contributed by atoms with van der Waals surface area (Å²) in [5.74, 6) is 0.640. The van der Waals surface area contributed by atoms with Crippen molar-refractivity contribution in [3.05, 3.63) is 210 Å². The van der Waals surface area contributed by atoms with Crippen molar-refractivity contribution in [1.29, 1.82) is 5.26 Å². The van der Waals surface area contributed by atoms with Gasteiger partial charge in [0, 0.05) is 27.5 Å². The average molecular weight is 663 g/mol. The molecular weight excluding hydrogens is 633 g/mol. The van der Waals surface area contributed by atoms with Gasteiger partial charge in [-0.2, -0.15) is 5.26 Å². The Balaban J connectivity index is 1.21. The minimum absolute atomic E-state index is 0.579. The Hall–Kier alpha value is -7.09. The van der Waals surface area contributed by atoms with E-state index in [0.717, 1.165) is 28.1 Å². The van der Waals surface area contributed by atoms with Crippen LogP contribution in [-0.4, -0.2) is 14.5 Å². The van der Waals surface area contributed by atoms with Crippen LogP contribution in [0.5, 0.6) is 0 Å². The summed E-state index contributed by atoms with van der Waals surface area (Å²) in [4.78, 5) is 10.1. The maximum Gasteiger partial charge on any atom is 0.160 e. The molecule has 1 atom stereocenters. The Kier molecular flexibility index (Phi) is 6.74. The molecule has 242 valence electrons. The van der Waals surface area contributed by atoms with Crippen LogP contribution < -0.4 is 0 Å². The number of aromatic nitrogens is 3. The van der Waals surface area contributed by atoms with Crippen LogP contribution in [0.4, 0.5) is 0 Å². The molecule has 0 saturated carbocycles. The topological polar surface area (TPSA) is 54.5 Å². The molecule has 0 fully saturated rings. The Morgan fingerprint density at radius 3 is 1.90 bits per heavy atom. The first-order valence-electron chi connectivity index (χ1n) is 17.5. The first kappa shape index (κ1) is 29.8. The molecule has 4 heteroatoms. The van der Waals surface area contributed by atoms with E-state index in [0.29, 0.717) is 11.4 Å². The number of rotatable bonds is 5. The normalized spacial score (nSPS) is 14.6. The molecule has 1 aliphatic heterocycles. The van der Waals surface area contributed by atoms with Crippen LogP contribution in [0.2, 0.25) is 0 Å². The summed E-state index contributed by atoms with van der Waals surface area (Å²) in [6, 6.07) is 66.2. The predicted octanol–water partition coefficient (Wildman–Crippen LogP) is 11.1. The highest BCUT2D eigenvalue weighted by Crippen LogP contribution is 2.54. The lowest BCUT2D eigenvalue weighted by Crippen LogP contribution is -2.35. The van der Waals surface area contributed by atoms with Crippen LogP contribution in [0.15, 0.2) is 182 Å². The summed E-state index contributed by atoms with van der Waals surface area (Å²) in [6.07, 6.45) is 0. The van der Waals surface area contributed by atoms with E-state index in [9.17, 15) is 5.26 Å². The molecule has 7 aromatic carbocycles. The van der Waals surface area contributed by atoms with Crippen molar-refractivity contribution in [2.24, 2.45) is 0 Å². The number of fused-ring (bicyclic) bond motifs is 5. The maximum atomic E-state index is 9.63. The highest BCUT2D eigenvalue weighted by atomic mass is 15.0. The molecule has 9 aromatic rings. The third-order valence-electron chi connectivity index (χ3n) is 10.5. The lowest BCUT2D eigenvalue weighted by atomic mass is 9.63. The van der Waals surface area contributed by atoms with Gasteiger partial charge in [0.05, 0.1) is 45.2 Å². The fraction of sp³-hybridized carbons (Fsp3) is 0.0208. The molecule has 0 aliphatic carbocycles. The van der Waals surface area contributed by atoms with E-state index in [2.05, 4.69) is 132 Å². The fourth-order valence-electron chi connectivity index (χ4n) is 8.28. The second kappa shape index (κ2) is 11.8. The van der Waals surface area contributed by atoms with Gasteiger partial charge in [-0.3, -0.25) is 0 Å². The van der Waals surface area contributed by atoms with Crippen molar-refractivity contribution in [2.75, 3.05) is 0 Å². The molecule has 52 heavy (non-hydrogen) atoms. The monoisotopic (exact) mass is 662 g/mol. The van der Waals surface area contributed by atoms with Crippen LogP contribution in [-0.2, 0) is 5.41 Å². The number of nitriles is 1. The highest BCUT2D eigenvalue weighted by molar-refractivity contribution is 6.12. The van der Waals surface area contributed by atoms with Gasteiger partial charge in [-0.05, 0) is 52.6 Å². The van der Waals surface area contributed by atoms with E-state index in [1.807, 2.05) is 60.7 Å². The zero-order valence-electron chi connectivity index (χ0n) is 28.1. The number of para-hydroxylation sites is 3. The van der Waals surface area contributed by atoms with Gasteiger partial charge in [-0.15, -0.1) is 0 Å². The van der Waals surface area contributed by atoms with Crippen molar-refractivity contribution in [2.45, 2.75) is 5.41 Å². The van der Waals surface area contributed by atoms with Gasteiger partial charge in [0.25, 0.3) is 0 Å². The molecule has 4 nitrogen and oxygen atoms in total. The zero-order chi connectivity index (χ0) is 34.6. The first-order chi connectivity index (χ1) is 25.7. The fourth-order valence-corrected chi connectivity index (χ4v) is 8.28. The van der Waals surface area contributed by atoms with Crippen molar-refractivity contribution < 1.29 is 0 Å². The van der Waals surface area contributed by atoms with E-state index < -0.39 is 5.41 Å². The second-order valence-electron chi connectivity index (χ2n) is 13.3. The van der Waals surface area contributed by atoms with Gasteiger partial charge in [0.15, 0.2) is 5.82 Å². The second-order valence-corrected chi connectivity index (χ2v) is 13.3. The Labute approximate surface area is 301 Å².